The Morgan fingerprint density at radius 2 is 1.64 bits per heavy atom. The number of thiazole rings is 1. The normalized spacial score (nSPS) is 11.1. The van der Waals surface area contributed by atoms with E-state index in [2.05, 4.69) is 0 Å². The summed E-state index contributed by atoms with van der Waals surface area (Å²) in [5.74, 6) is 0.796. The highest BCUT2D eigenvalue weighted by Crippen LogP contribution is 2.33. The third-order valence-corrected chi connectivity index (χ3v) is 6.77. The van der Waals surface area contributed by atoms with Crippen LogP contribution in [0.3, 0.4) is 0 Å². The molecule has 0 bridgehead atoms. The first-order chi connectivity index (χ1) is 17.7. The highest BCUT2D eigenvalue weighted by Gasteiger charge is 2.18. The second-order valence-electron chi connectivity index (χ2n) is 8.19. The molecule has 0 unspecified atom stereocenters. The number of fused-ring (bicyclic) bond motifs is 1. The van der Waals surface area contributed by atoms with Gasteiger partial charge >= 0.3 is 0 Å². The molecule has 0 radical (unpaired) electrons. The second kappa shape index (κ2) is 9.24. The number of benzene rings is 2. The Hall–Kier alpha value is -4.56. The third kappa shape index (κ3) is 4.08. The van der Waals surface area contributed by atoms with E-state index in [-0.39, 0.29) is 12.1 Å². The Kier molecular flexibility index (Phi) is 5.63. The van der Waals surface area contributed by atoms with Crippen molar-refractivity contribution >= 4 is 16.9 Å². The van der Waals surface area contributed by atoms with Crippen LogP contribution in [-0.4, -0.2) is 31.5 Å². The molecule has 0 aliphatic rings. The average Bonchev–Trinajstić information content (AvgIpc) is 3.55. The number of rotatable bonds is 6. The fourth-order valence-electron chi connectivity index (χ4n) is 4.15. The Morgan fingerprint density at radius 1 is 0.833 bits per heavy atom. The number of hydrogen-bond acceptors (Lipinski definition) is 6. The van der Waals surface area contributed by atoms with Crippen molar-refractivity contribution in [2.24, 2.45) is 0 Å². The monoisotopic (exact) mass is 491 g/mol. The lowest BCUT2D eigenvalue weighted by Gasteiger charge is -2.07. The van der Waals surface area contributed by atoms with E-state index < -0.39 is 0 Å². The van der Waals surface area contributed by atoms with Crippen molar-refractivity contribution in [1.29, 1.82) is 0 Å². The Balaban J connectivity index is 1.38. The number of hydrogen-bond donors (Lipinski definition) is 0. The van der Waals surface area contributed by atoms with E-state index in [1.54, 1.807) is 19.2 Å². The summed E-state index contributed by atoms with van der Waals surface area (Å²) in [5.41, 5.74) is 5.95. The Labute approximate surface area is 210 Å². The molecular formula is C28H21N5O2S. The van der Waals surface area contributed by atoms with Crippen molar-refractivity contribution in [3.63, 3.8) is 0 Å². The van der Waals surface area contributed by atoms with Crippen molar-refractivity contribution < 1.29 is 4.74 Å². The molecule has 0 atom stereocenters. The van der Waals surface area contributed by atoms with Gasteiger partial charge in [0.15, 0.2) is 0 Å². The fraction of sp³-hybridized carbons (Fsp3) is 0.0714. The summed E-state index contributed by atoms with van der Waals surface area (Å²) in [6, 6.07) is 27.0. The van der Waals surface area contributed by atoms with Crippen LogP contribution in [0, 0.1) is 0 Å². The summed E-state index contributed by atoms with van der Waals surface area (Å²) < 4.78 is 8.55. The number of pyridine rings is 1. The van der Waals surface area contributed by atoms with Gasteiger partial charge in [0, 0.05) is 28.8 Å². The van der Waals surface area contributed by atoms with Gasteiger partial charge in [-0.2, -0.15) is 10.2 Å². The number of methoxy groups -OCH3 is 1. The number of nitrogens with zero attached hydrogens (tertiary/aromatic N) is 5. The Morgan fingerprint density at radius 3 is 2.44 bits per heavy atom. The molecule has 36 heavy (non-hydrogen) atoms. The second-order valence-corrected chi connectivity index (χ2v) is 9.13. The minimum absolute atomic E-state index is 0.183. The van der Waals surface area contributed by atoms with Crippen LogP contribution in [0.25, 0.3) is 39.3 Å². The standard InChI is InChI=1S/C28H21N5O2S/c1-35-21-12-10-19(11-13-21)23-18-36-25(29-23)17-33-26(34)15-14-22(30-33)27-24-9-5-6-16-32(24)31-28(27)20-7-3-2-4-8-20/h2-16,18H,17H2,1H3. The summed E-state index contributed by atoms with van der Waals surface area (Å²) in [6.45, 7) is 0.285. The topological polar surface area (TPSA) is 74.3 Å². The van der Waals surface area contributed by atoms with E-state index in [4.69, 9.17) is 19.9 Å². The van der Waals surface area contributed by atoms with Gasteiger partial charge < -0.3 is 4.74 Å². The zero-order valence-corrected chi connectivity index (χ0v) is 20.2. The highest BCUT2D eigenvalue weighted by molar-refractivity contribution is 7.09. The van der Waals surface area contributed by atoms with Gasteiger partial charge in [-0.15, -0.1) is 11.3 Å². The molecule has 176 valence electrons. The van der Waals surface area contributed by atoms with Gasteiger partial charge in [-0.25, -0.2) is 14.2 Å². The van der Waals surface area contributed by atoms with Gasteiger partial charge in [0.25, 0.3) is 5.56 Å². The lowest BCUT2D eigenvalue weighted by atomic mass is 10.0. The van der Waals surface area contributed by atoms with Gasteiger partial charge in [0.2, 0.25) is 0 Å². The molecule has 8 heteroatoms. The van der Waals surface area contributed by atoms with E-state index in [0.29, 0.717) is 5.69 Å². The van der Waals surface area contributed by atoms with Crippen molar-refractivity contribution in [3.05, 3.63) is 112 Å². The smallest absolute Gasteiger partial charge is 0.267 e. The highest BCUT2D eigenvalue weighted by atomic mass is 32.1. The van der Waals surface area contributed by atoms with Gasteiger partial charge in [0.05, 0.1) is 36.1 Å². The summed E-state index contributed by atoms with van der Waals surface area (Å²) >= 11 is 1.51. The summed E-state index contributed by atoms with van der Waals surface area (Å²) in [5, 5.41) is 12.4. The van der Waals surface area contributed by atoms with Crippen LogP contribution >= 0.6 is 11.3 Å². The number of aromatic nitrogens is 5. The quantitative estimate of drug-likeness (QED) is 0.312. The molecule has 6 rings (SSSR count). The molecule has 0 aliphatic carbocycles. The molecule has 0 fully saturated rings. The van der Waals surface area contributed by atoms with E-state index >= 15 is 0 Å². The SMILES string of the molecule is COc1ccc(-c2csc(Cn3nc(-c4c(-c5ccccc5)nn5ccccc45)ccc3=O)n2)cc1. The minimum atomic E-state index is -0.183. The Bertz CT molecular complexity index is 1720. The van der Waals surface area contributed by atoms with E-state index in [9.17, 15) is 4.79 Å². The van der Waals surface area contributed by atoms with Crippen LogP contribution in [0.4, 0.5) is 0 Å². The van der Waals surface area contributed by atoms with Crippen LogP contribution in [-0.2, 0) is 6.54 Å². The molecule has 0 saturated heterocycles. The summed E-state index contributed by atoms with van der Waals surface area (Å²) in [6.07, 6.45) is 1.91. The molecule has 7 nitrogen and oxygen atoms in total. The first kappa shape index (κ1) is 21.9. The van der Waals surface area contributed by atoms with Crippen LogP contribution < -0.4 is 10.3 Å². The molecule has 0 saturated carbocycles. The van der Waals surface area contributed by atoms with E-state index in [1.807, 2.05) is 88.9 Å². The molecule has 2 aromatic carbocycles. The number of ether oxygens (including phenoxy) is 1. The van der Waals surface area contributed by atoms with E-state index in [0.717, 1.165) is 44.4 Å². The van der Waals surface area contributed by atoms with Crippen molar-refractivity contribution in [3.8, 4) is 39.5 Å². The summed E-state index contributed by atoms with van der Waals surface area (Å²) in [7, 11) is 1.64. The zero-order chi connectivity index (χ0) is 24.5. The van der Waals surface area contributed by atoms with Crippen molar-refractivity contribution in [1.82, 2.24) is 24.4 Å². The largest absolute Gasteiger partial charge is 0.497 e. The van der Waals surface area contributed by atoms with E-state index in [1.165, 1.54) is 16.0 Å². The van der Waals surface area contributed by atoms with Gasteiger partial charge in [-0.05, 0) is 42.5 Å². The van der Waals surface area contributed by atoms with Crippen LogP contribution in [0.15, 0.2) is 101 Å². The maximum atomic E-state index is 12.8. The molecule has 4 heterocycles. The van der Waals surface area contributed by atoms with Crippen molar-refractivity contribution in [2.45, 2.75) is 6.54 Å². The van der Waals surface area contributed by atoms with Crippen molar-refractivity contribution in [2.75, 3.05) is 7.11 Å². The van der Waals surface area contributed by atoms with Crippen LogP contribution in [0.5, 0.6) is 5.75 Å². The first-order valence-electron chi connectivity index (χ1n) is 11.4. The van der Waals surface area contributed by atoms with Gasteiger partial charge in [0.1, 0.15) is 16.5 Å². The lowest BCUT2D eigenvalue weighted by Crippen LogP contribution is -2.22. The molecule has 0 spiro atoms. The minimum Gasteiger partial charge on any atom is -0.497 e. The van der Waals surface area contributed by atoms with Crippen LogP contribution in [0.2, 0.25) is 0 Å². The first-order valence-corrected chi connectivity index (χ1v) is 12.3. The fourth-order valence-corrected chi connectivity index (χ4v) is 4.94. The third-order valence-electron chi connectivity index (χ3n) is 5.93. The molecule has 0 amide bonds. The zero-order valence-electron chi connectivity index (χ0n) is 19.4. The average molecular weight is 492 g/mol. The van der Waals surface area contributed by atoms with Gasteiger partial charge in [-0.1, -0.05) is 36.4 Å². The lowest BCUT2D eigenvalue weighted by molar-refractivity contribution is 0.415. The molecule has 0 N–H and O–H groups in total. The summed E-state index contributed by atoms with van der Waals surface area (Å²) in [4.78, 5) is 17.5. The van der Waals surface area contributed by atoms with Crippen LogP contribution in [0.1, 0.15) is 5.01 Å². The van der Waals surface area contributed by atoms with Gasteiger partial charge in [-0.3, -0.25) is 4.79 Å². The molecular weight excluding hydrogens is 470 g/mol. The maximum absolute atomic E-state index is 12.8. The maximum Gasteiger partial charge on any atom is 0.267 e. The molecule has 0 aliphatic heterocycles. The molecule has 6 aromatic rings. The predicted molar refractivity (Wildman–Crippen MR) is 141 cm³/mol. The predicted octanol–water partition coefficient (Wildman–Crippen LogP) is 5.41. The molecule has 4 aromatic heterocycles.